The molecule has 1 fully saturated rings. The second-order valence-electron chi connectivity index (χ2n) is 9.04. The first-order chi connectivity index (χ1) is 18.2. The number of ether oxygens (including phenoxy) is 1. The molecule has 6 nitrogen and oxygen atoms in total. The second-order valence-corrected chi connectivity index (χ2v) is 10.5. The smallest absolute Gasteiger partial charge is 0.261 e. The average molecular weight is 545 g/mol. The van der Waals surface area contributed by atoms with Crippen molar-refractivity contribution in [2.45, 2.75) is 12.5 Å². The Balaban J connectivity index is 0.000000732. The Labute approximate surface area is 223 Å². The zero-order valence-electron chi connectivity index (χ0n) is 21.4. The molecule has 0 amide bonds. The van der Waals surface area contributed by atoms with Crippen LogP contribution in [0.2, 0.25) is 0 Å². The lowest BCUT2D eigenvalue weighted by Gasteiger charge is -2.34. The number of allylic oxidation sites excluding steroid dienone is 1. The Bertz CT molecular complexity index is 1180. The number of hydrogen-bond donors (Lipinski definition) is 1. The van der Waals surface area contributed by atoms with Crippen molar-refractivity contribution >= 4 is 10.1 Å². The third-order valence-corrected chi connectivity index (χ3v) is 5.96. The largest absolute Gasteiger partial charge is 0.375 e. The van der Waals surface area contributed by atoms with Gasteiger partial charge in [-0.1, -0.05) is 60.7 Å². The summed E-state index contributed by atoms with van der Waals surface area (Å²) < 4.78 is 58.9. The molecular weight excluding hydrogens is 510 g/mol. The number of benzene rings is 3. The van der Waals surface area contributed by atoms with Crippen LogP contribution in [0.15, 0.2) is 91.1 Å². The summed E-state index contributed by atoms with van der Waals surface area (Å²) in [5.74, 6) is -0.570. The third-order valence-electron chi connectivity index (χ3n) is 5.96. The second kappa shape index (κ2) is 14.7. The number of halogens is 2. The van der Waals surface area contributed by atoms with Crippen LogP contribution >= 0.6 is 0 Å². The zero-order valence-corrected chi connectivity index (χ0v) is 22.2. The minimum Gasteiger partial charge on any atom is -0.375 e. The Hall–Kier alpha value is -3.11. The van der Waals surface area contributed by atoms with Crippen LogP contribution in [0.3, 0.4) is 0 Å². The fraction of sp³-hybridized carbons (Fsp3) is 0.310. The van der Waals surface area contributed by atoms with Gasteiger partial charge in [0.25, 0.3) is 10.1 Å². The van der Waals surface area contributed by atoms with Gasteiger partial charge in [0.15, 0.2) is 0 Å². The van der Waals surface area contributed by atoms with Crippen LogP contribution in [0, 0.1) is 11.6 Å². The maximum absolute atomic E-state index is 13.4. The minimum atomic E-state index is -3.67. The lowest BCUT2D eigenvalue weighted by Crippen LogP contribution is -2.45. The molecule has 0 atom stereocenters. The van der Waals surface area contributed by atoms with Crippen molar-refractivity contribution in [1.82, 2.24) is 9.80 Å². The van der Waals surface area contributed by atoms with E-state index in [4.69, 9.17) is 9.29 Å². The van der Waals surface area contributed by atoms with Crippen LogP contribution in [-0.4, -0.2) is 68.4 Å². The maximum atomic E-state index is 13.4. The quantitative estimate of drug-likeness (QED) is 0.385. The lowest BCUT2D eigenvalue weighted by molar-refractivity contribution is 0.0502. The molecule has 0 spiro atoms. The molecule has 3 aromatic rings. The molecule has 0 aliphatic carbocycles. The fourth-order valence-electron chi connectivity index (χ4n) is 4.05. The third kappa shape index (κ3) is 11.1. The molecule has 0 saturated carbocycles. The van der Waals surface area contributed by atoms with Crippen LogP contribution in [0.5, 0.6) is 0 Å². The van der Waals surface area contributed by atoms with Crippen LogP contribution in [0.1, 0.15) is 22.8 Å². The van der Waals surface area contributed by atoms with Crippen molar-refractivity contribution in [2.24, 2.45) is 0 Å². The molecule has 0 unspecified atom stereocenters. The number of rotatable bonds is 9. The highest BCUT2D eigenvalue weighted by Gasteiger charge is 2.18. The summed E-state index contributed by atoms with van der Waals surface area (Å²) in [5.41, 5.74) is 3.04. The summed E-state index contributed by atoms with van der Waals surface area (Å²) in [7, 11) is -3.67. The lowest BCUT2D eigenvalue weighted by atomic mass is 10.0. The average Bonchev–Trinajstić information content (AvgIpc) is 2.89. The van der Waals surface area contributed by atoms with Crippen molar-refractivity contribution in [3.63, 3.8) is 0 Å². The molecule has 1 heterocycles. The van der Waals surface area contributed by atoms with E-state index in [1.54, 1.807) is 24.3 Å². The van der Waals surface area contributed by atoms with Crippen molar-refractivity contribution in [1.29, 1.82) is 0 Å². The Kier molecular flexibility index (Phi) is 11.4. The Morgan fingerprint density at radius 1 is 0.868 bits per heavy atom. The highest BCUT2D eigenvalue weighted by atomic mass is 32.2. The molecule has 0 bridgehead atoms. The predicted molar refractivity (Wildman–Crippen MR) is 145 cm³/mol. The van der Waals surface area contributed by atoms with Crippen molar-refractivity contribution in [2.75, 3.05) is 45.6 Å². The molecule has 1 aliphatic heterocycles. The molecule has 0 aromatic heterocycles. The van der Waals surface area contributed by atoms with Gasteiger partial charge in [0.2, 0.25) is 0 Å². The first-order valence-corrected chi connectivity index (χ1v) is 14.2. The summed E-state index contributed by atoms with van der Waals surface area (Å²) in [6.45, 7) is 5.31. The molecular formula is C29H34F2N2O4S. The van der Waals surface area contributed by atoms with Gasteiger partial charge in [-0.3, -0.25) is 9.45 Å². The summed E-state index contributed by atoms with van der Waals surface area (Å²) in [4.78, 5) is 4.76. The molecule has 38 heavy (non-hydrogen) atoms. The molecule has 204 valence electrons. The summed E-state index contributed by atoms with van der Waals surface area (Å²) in [6.07, 6.45) is 5.74. The normalized spacial score (nSPS) is 14.5. The number of nitrogens with zero attached hydrogens (tertiary/aromatic N) is 2. The monoisotopic (exact) mass is 544 g/mol. The van der Waals surface area contributed by atoms with E-state index in [2.05, 4.69) is 46.3 Å². The molecule has 1 saturated heterocycles. The summed E-state index contributed by atoms with van der Waals surface area (Å²) in [5, 5.41) is 0. The molecule has 4 rings (SSSR count). The van der Waals surface area contributed by atoms with Gasteiger partial charge in [0.05, 0.1) is 12.9 Å². The van der Waals surface area contributed by atoms with E-state index in [-0.39, 0.29) is 17.7 Å². The number of hydrogen-bond acceptors (Lipinski definition) is 5. The van der Waals surface area contributed by atoms with Crippen LogP contribution in [0.4, 0.5) is 8.78 Å². The standard InChI is InChI=1S/C28H30F2N2O.CH4O3S/c29-26-12-8-24(9-13-26)28(25-10-14-27(30)15-11-25)33-22-21-32-19-17-31(18-20-32)16-4-7-23-5-2-1-3-6-23;1-5(2,3)4/h1-6,8-16,28H,7,17-22H2;1H3,(H,2,3,4)/b16-4+;. The zero-order chi connectivity index (χ0) is 27.4. The van der Waals surface area contributed by atoms with Crippen molar-refractivity contribution < 1.29 is 26.5 Å². The van der Waals surface area contributed by atoms with Gasteiger partial charge in [-0.25, -0.2) is 8.78 Å². The van der Waals surface area contributed by atoms with E-state index in [1.807, 2.05) is 6.07 Å². The first kappa shape index (κ1) is 29.4. The predicted octanol–water partition coefficient (Wildman–Crippen LogP) is 4.95. The van der Waals surface area contributed by atoms with E-state index in [0.29, 0.717) is 12.9 Å². The highest BCUT2D eigenvalue weighted by molar-refractivity contribution is 7.85. The van der Waals surface area contributed by atoms with E-state index in [1.165, 1.54) is 29.8 Å². The van der Waals surface area contributed by atoms with Gasteiger partial charge in [-0.05, 0) is 53.6 Å². The van der Waals surface area contributed by atoms with Gasteiger partial charge in [-0.15, -0.1) is 0 Å². The van der Waals surface area contributed by atoms with Crippen molar-refractivity contribution in [3.05, 3.63) is 119 Å². The van der Waals surface area contributed by atoms with E-state index < -0.39 is 10.1 Å². The van der Waals surface area contributed by atoms with E-state index in [0.717, 1.165) is 50.3 Å². The van der Waals surface area contributed by atoms with Gasteiger partial charge < -0.3 is 9.64 Å². The molecule has 3 aromatic carbocycles. The Morgan fingerprint density at radius 2 is 1.37 bits per heavy atom. The minimum absolute atomic E-state index is 0.285. The van der Waals surface area contributed by atoms with E-state index in [9.17, 15) is 17.2 Å². The van der Waals surface area contributed by atoms with Gasteiger partial charge >= 0.3 is 0 Å². The topological polar surface area (TPSA) is 70.1 Å². The maximum Gasteiger partial charge on any atom is 0.261 e. The highest BCUT2D eigenvalue weighted by Crippen LogP contribution is 2.26. The molecule has 9 heteroatoms. The van der Waals surface area contributed by atoms with Gasteiger partial charge in [-0.2, -0.15) is 8.42 Å². The molecule has 1 N–H and O–H groups in total. The SMILES string of the molecule is CS(=O)(=O)O.Fc1ccc(C(OCCN2CCN(/C=C/Cc3ccccc3)CC2)c2ccc(F)cc2)cc1. The summed E-state index contributed by atoms with van der Waals surface area (Å²) in [6, 6.07) is 23.1. The Morgan fingerprint density at radius 3 is 1.87 bits per heavy atom. The molecule has 0 radical (unpaired) electrons. The summed E-state index contributed by atoms with van der Waals surface area (Å²) >= 11 is 0. The number of piperazine rings is 1. The van der Waals surface area contributed by atoms with E-state index >= 15 is 0 Å². The molecule has 1 aliphatic rings. The van der Waals surface area contributed by atoms with Gasteiger partial charge in [0, 0.05) is 32.7 Å². The van der Waals surface area contributed by atoms with Crippen molar-refractivity contribution in [3.8, 4) is 0 Å². The van der Waals surface area contributed by atoms with Crippen LogP contribution in [-0.2, 0) is 21.3 Å². The van der Waals surface area contributed by atoms with Gasteiger partial charge in [0.1, 0.15) is 17.7 Å². The first-order valence-electron chi connectivity index (χ1n) is 12.4. The fourth-order valence-corrected chi connectivity index (χ4v) is 4.05. The van der Waals surface area contributed by atoms with Crippen LogP contribution < -0.4 is 0 Å². The van der Waals surface area contributed by atoms with Crippen LogP contribution in [0.25, 0.3) is 0 Å².